The maximum Gasteiger partial charge on any atom is 0.222 e. The maximum atomic E-state index is 11.3. The molecule has 0 saturated heterocycles. The lowest BCUT2D eigenvalue weighted by molar-refractivity contribution is 0.314. The Bertz CT molecular complexity index is 945. The van der Waals surface area contributed by atoms with Crippen molar-refractivity contribution < 1.29 is 5.11 Å². The highest BCUT2D eigenvalue weighted by molar-refractivity contribution is 6.01. The lowest BCUT2D eigenvalue weighted by Crippen LogP contribution is -2.27. The third-order valence-corrected chi connectivity index (χ3v) is 4.99. The Hall–Kier alpha value is -2.66. The SMILES string of the molecule is CN1CCc2c(c(-c3ccccc3)cc3c(N=O)c(O)n(C)c23)C1. The predicted molar refractivity (Wildman–Crippen MR) is 95.5 cm³/mol. The molecule has 0 bridgehead atoms. The van der Waals surface area contributed by atoms with E-state index < -0.39 is 0 Å². The Kier molecular flexibility index (Phi) is 3.39. The summed E-state index contributed by atoms with van der Waals surface area (Å²) in [5.41, 5.74) is 5.75. The van der Waals surface area contributed by atoms with Gasteiger partial charge in [0.15, 0.2) is 5.69 Å². The largest absolute Gasteiger partial charge is 0.493 e. The molecule has 5 nitrogen and oxygen atoms in total. The van der Waals surface area contributed by atoms with Crippen molar-refractivity contribution in [1.29, 1.82) is 0 Å². The van der Waals surface area contributed by atoms with Gasteiger partial charge in [-0.1, -0.05) is 30.3 Å². The van der Waals surface area contributed by atoms with Crippen LogP contribution in [0.2, 0.25) is 0 Å². The van der Waals surface area contributed by atoms with E-state index in [1.54, 1.807) is 11.6 Å². The summed E-state index contributed by atoms with van der Waals surface area (Å²) in [5.74, 6) is -0.0636. The summed E-state index contributed by atoms with van der Waals surface area (Å²) >= 11 is 0. The zero-order valence-electron chi connectivity index (χ0n) is 13.8. The number of nitrogens with zero attached hydrogens (tertiary/aromatic N) is 3. The Balaban J connectivity index is 2.13. The number of hydrogen-bond acceptors (Lipinski definition) is 4. The van der Waals surface area contributed by atoms with E-state index in [4.69, 9.17) is 0 Å². The molecule has 2 heterocycles. The first-order chi connectivity index (χ1) is 11.6. The van der Waals surface area contributed by atoms with Crippen LogP contribution in [0.4, 0.5) is 5.69 Å². The minimum atomic E-state index is -0.0636. The molecule has 1 aliphatic heterocycles. The van der Waals surface area contributed by atoms with Gasteiger partial charge in [0.25, 0.3) is 0 Å². The van der Waals surface area contributed by atoms with Crippen LogP contribution in [0.25, 0.3) is 22.0 Å². The average molecular weight is 321 g/mol. The van der Waals surface area contributed by atoms with Gasteiger partial charge in [0.2, 0.25) is 5.88 Å². The minimum Gasteiger partial charge on any atom is -0.493 e. The number of aromatic nitrogens is 1. The average Bonchev–Trinajstić information content (AvgIpc) is 2.85. The van der Waals surface area contributed by atoms with Crippen molar-refractivity contribution in [2.75, 3.05) is 13.6 Å². The lowest BCUT2D eigenvalue weighted by Gasteiger charge is -2.28. The van der Waals surface area contributed by atoms with Gasteiger partial charge in [-0.3, -0.25) is 0 Å². The van der Waals surface area contributed by atoms with Gasteiger partial charge >= 0.3 is 0 Å². The molecule has 1 aliphatic rings. The van der Waals surface area contributed by atoms with Gasteiger partial charge < -0.3 is 14.6 Å². The number of hydrogen-bond donors (Lipinski definition) is 1. The number of aryl methyl sites for hydroxylation is 1. The number of nitroso groups, excluding NO2 is 1. The minimum absolute atomic E-state index is 0.0636. The van der Waals surface area contributed by atoms with E-state index in [0.717, 1.165) is 41.5 Å². The van der Waals surface area contributed by atoms with Gasteiger partial charge in [0.1, 0.15) is 0 Å². The Labute approximate surface area is 140 Å². The zero-order valence-corrected chi connectivity index (χ0v) is 13.8. The molecule has 0 unspecified atom stereocenters. The molecule has 5 heteroatoms. The van der Waals surface area contributed by atoms with Crippen molar-refractivity contribution >= 4 is 16.6 Å². The highest BCUT2D eigenvalue weighted by Crippen LogP contribution is 2.44. The molecule has 0 atom stereocenters. The predicted octanol–water partition coefficient (Wildman–Crippen LogP) is 3.94. The van der Waals surface area contributed by atoms with Crippen molar-refractivity contribution in [1.82, 2.24) is 9.47 Å². The Morgan fingerprint density at radius 2 is 1.88 bits per heavy atom. The molecule has 0 aliphatic carbocycles. The monoisotopic (exact) mass is 321 g/mol. The van der Waals surface area contributed by atoms with E-state index in [1.807, 2.05) is 24.3 Å². The van der Waals surface area contributed by atoms with Crippen molar-refractivity contribution in [3.63, 3.8) is 0 Å². The molecule has 2 aromatic carbocycles. The molecule has 24 heavy (non-hydrogen) atoms. The number of rotatable bonds is 2. The molecule has 3 aromatic rings. The highest BCUT2D eigenvalue weighted by Gasteiger charge is 2.26. The second kappa shape index (κ2) is 5.46. The molecular weight excluding hydrogens is 302 g/mol. The van der Waals surface area contributed by atoms with E-state index in [2.05, 4.69) is 29.3 Å². The first kappa shape index (κ1) is 14.9. The molecule has 1 N–H and O–H groups in total. The summed E-state index contributed by atoms with van der Waals surface area (Å²) in [6.45, 7) is 1.81. The quantitative estimate of drug-likeness (QED) is 0.727. The second-order valence-electron chi connectivity index (χ2n) is 6.45. The number of benzene rings is 2. The van der Waals surface area contributed by atoms with Crippen LogP contribution in [-0.2, 0) is 20.0 Å². The van der Waals surface area contributed by atoms with Gasteiger partial charge in [-0.05, 0) is 47.0 Å². The van der Waals surface area contributed by atoms with Crippen LogP contribution < -0.4 is 0 Å². The van der Waals surface area contributed by atoms with Crippen LogP contribution in [0.5, 0.6) is 5.88 Å². The van der Waals surface area contributed by atoms with Crippen LogP contribution in [0.15, 0.2) is 41.6 Å². The maximum absolute atomic E-state index is 11.3. The molecule has 1 aromatic heterocycles. The summed E-state index contributed by atoms with van der Waals surface area (Å²) in [7, 11) is 3.90. The third-order valence-electron chi connectivity index (χ3n) is 4.99. The lowest BCUT2D eigenvalue weighted by atomic mass is 9.89. The first-order valence-electron chi connectivity index (χ1n) is 8.05. The smallest absolute Gasteiger partial charge is 0.222 e. The molecule has 0 spiro atoms. The van der Waals surface area contributed by atoms with Gasteiger partial charge in [-0.15, -0.1) is 4.91 Å². The van der Waals surface area contributed by atoms with E-state index in [0.29, 0.717) is 0 Å². The Morgan fingerprint density at radius 3 is 2.58 bits per heavy atom. The standard InChI is InChI=1S/C19H19N3O2/c1-21-9-8-13-16(11-21)14(12-6-4-3-5-7-12)10-15-17(20-24)19(23)22(2)18(13)15/h3-7,10,23H,8-9,11H2,1-2H3. The summed E-state index contributed by atoms with van der Waals surface area (Å²) in [5, 5.41) is 14.1. The normalized spacial score (nSPS) is 14.8. The molecule has 0 radical (unpaired) electrons. The van der Waals surface area contributed by atoms with E-state index >= 15 is 0 Å². The van der Waals surface area contributed by atoms with Crippen molar-refractivity contribution in [3.8, 4) is 17.0 Å². The summed E-state index contributed by atoms with van der Waals surface area (Å²) in [6, 6.07) is 12.2. The summed E-state index contributed by atoms with van der Waals surface area (Å²) in [6.07, 6.45) is 0.887. The van der Waals surface area contributed by atoms with Gasteiger partial charge in [0.05, 0.1) is 5.52 Å². The topological polar surface area (TPSA) is 57.8 Å². The third kappa shape index (κ3) is 2.05. The Morgan fingerprint density at radius 1 is 1.12 bits per heavy atom. The van der Waals surface area contributed by atoms with Crippen LogP contribution in [0.3, 0.4) is 0 Å². The number of aromatic hydroxyl groups is 1. The summed E-state index contributed by atoms with van der Waals surface area (Å²) in [4.78, 5) is 13.6. The van der Waals surface area contributed by atoms with Gasteiger partial charge in [-0.2, -0.15) is 0 Å². The fourth-order valence-electron chi connectivity index (χ4n) is 3.78. The fourth-order valence-corrected chi connectivity index (χ4v) is 3.78. The van der Waals surface area contributed by atoms with E-state index in [-0.39, 0.29) is 11.6 Å². The molecule has 0 amide bonds. The van der Waals surface area contributed by atoms with Gasteiger partial charge in [-0.25, -0.2) is 0 Å². The van der Waals surface area contributed by atoms with Crippen LogP contribution in [0.1, 0.15) is 11.1 Å². The first-order valence-corrected chi connectivity index (χ1v) is 8.05. The van der Waals surface area contributed by atoms with Crippen molar-refractivity contribution in [2.45, 2.75) is 13.0 Å². The van der Waals surface area contributed by atoms with Crippen molar-refractivity contribution in [3.05, 3.63) is 52.4 Å². The van der Waals surface area contributed by atoms with Gasteiger partial charge in [0, 0.05) is 25.5 Å². The summed E-state index contributed by atoms with van der Waals surface area (Å²) < 4.78 is 1.69. The molecule has 122 valence electrons. The van der Waals surface area contributed by atoms with Crippen molar-refractivity contribution in [2.24, 2.45) is 12.2 Å². The molecular formula is C19H19N3O2. The van der Waals surface area contributed by atoms with E-state index in [1.165, 1.54) is 11.1 Å². The zero-order chi connectivity index (χ0) is 16.8. The number of fused-ring (bicyclic) bond motifs is 3. The van der Waals surface area contributed by atoms with E-state index in [9.17, 15) is 10.0 Å². The van der Waals surface area contributed by atoms with Crippen LogP contribution in [-0.4, -0.2) is 28.2 Å². The highest BCUT2D eigenvalue weighted by atomic mass is 16.3. The molecule has 0 saturated carbocycles. The fraction of sp³-hybridized carbons (Fsp3) is 0.263. The molecule has 0 fully saturated rings. The number of likely N-dealkylation sites (N-methyl/N-ethyl adjacent to an activating group) is 1. The second-order valence-corrected chi connectivity index (χ2v) is 6.45. The van der Waals surface area contributed by atoms with Crippen LogP contribution >= 0.6 is 0 Å². The molecule has 4 rings (SSSR count). The van der Waals surface area contributed by atoms with Crippen LogP contribution in [0, 0.1) is 4.91 Å².